The standard InChI is InChI=1S/2C10H17N3/c1-5-8-7(4)9(11)13-10(12-8)6(2)3;1-5(2)9-6(3)8(11)7(4)10(12)13-9/h6H,5H2,1-4H3,(H2,11,12,13);5H,1-4H3,(H4,11,12,13). The number of rotatable bonds is 3. The maximum Gasteiger partial charge on any atom is 0.133 e. The van der Waals surface area contributed by atoms with Crippen LogP contribution in [0.3, 0.4) is 0 Å². The fourth-order valence-electron chi connectivity index (χ4n) is 2.62. The van der Waals surface area contributed by atoms with Crippen molar-refractivity contribution in [3.8, 4) is 0 Å². The number of anilines is 3. The second kappa shape index (κ2) is 8.83. The number of nitrogen functional groups attached to an aromatic ring is 3. The molecule has 6 nitrogen and oxygen atoms in total. The molecule has 2 heterocycles. The van der Waals surface area contributed by atoms with E-state index in [1.165, 1.54) is 0 Å². The van der Waals surface area contributed by atoms with Gasteiger partial charge in [0.05, 0.1) is 5.69 Å². The van der Waals surface area contributed by atoms with Gasteiger partial charge in [-0.25, -0.2) is 15.0 Å². The van der Waals surface area contributed by atoms with Gasteiger partial charge in [0.2, 0.25) is 0 Å². The molecule has 0 fully saturated rings. The number of nitrogens with zero attached hydrogens (tertiary/aromatic N) is 3. The molecule has 0 saturated heterocycles. The highest BCUT2D eigenvalue weighted by molar-refractivity contribution is 5.62. The average molecular weight is 359 g/mol. The number of aryl methyl sites for hydroxylation is 1. The van der Waals surface area contributed by atoms with Crippen LogP contribution in [0.25, 0.3) is 0 Å². The number of aromatic nitrogens is 3. The number of nitrogens with two attached hydrogens (primary N) is 3. The molecule has 0 unspecified atom stereocenters. The van der Waals surface area contributed by atoms with Crippen LogP contribution < -0.4 is 17.2 Å². The van der Waals surface area contributed by atoms with Crippen molar-refractivity contribution in [3.63, 3.8) is 0 Å². The van der Waals surface area contributed by atoms with Crippen LogP contribution in [0.4, 0.5) is 17.3 Å². The minimum atomic E-state index is 0.341. The highest BCUT2D eigenvalue weighted by Gasteiger charge is 2.12. The van der Waals surface area contributed by atoms with E-state index in [4.69, 9.17) is 17.2 Å². The van der Waals surface area contributed by atoms with Gasteiger partial charge in [0, 0.05) is 28.4 Å². The fraction of sp³-hybridized carbons (Fsp3) is 0.550. The highest BCUT2D eigenvalue weighted by Crippen LogP contribution is 2.27. The van der Waals surface area contributed by atoms with Crippen LogP contribution in [-0.4, -0.2) is 15.0 Å². The maximum atomic E-state index is 5.90. The summed E-state index contributed by atoms with van der Waals surface area (Å²) in [6, 6.07) is 0. The van der Waals surface area contributed by atoms with Crippen molar-refractivity contribution >= 4 is 17.3 Å². The summed E-state index contributed by atoms with van der Waals surface area (Å²) in [7, 11) is 0. The first-order valence-corrected chi connectivity index (χ1v) is 9.16. The Labute approximate surface area is 157 Å². The SMILES string of the molecule is CCc1nc(C(C)C)nc(N)c1C.Cc1c(N)nc(C(C)C)c(C)c1N. The Morgan fingerprint density at radius 1 is 0.731 bits per heavy atom. The summed E-state index contributed by atoms with van der Waals surface area (Å²) in [5.41, 5.74) is 23.2. The minimum Gasteiger partial charge on any atom is -0.398 e. The smallest absolute Gasteiger partial charge is 0.133 e. The zero-order valence-corrected chi connectivity index (χ0v) is 17.4. The van der Waals surface area contributed by atoms with Crippen molar-refractivity contribution in [1.82, 2.24) is 15.0 Å². The summed E-state index contributed by atoms with van der Waals surface area (Å²) in [6.45, 7) is 16.3. The Morgan fingerprint density at radius 2 is 1.27 bits per heavy atom. The van der Waals surface area contributed by atoms with Gasteiger partial charge >= 0.3 is 0 Å². The van der Waals surface area contributed by atoms with E-state index in [9.17, 15) is 0 Å². The zero-order valence-electron chi connectivity index (χ0n) is 17.4. The summed E-state index contributed by atoms with van der Waals surface area (Å²) in [5, 5.41) is 0. The van der Waals surface area contributed by atoms with Gasteiger partial charge in [0.25, 0.3) is 0 Å². The van der Waals surface area contributed by atoms with E-state index in [-0.39, 0.29) is 0 Å². The molecule has 0 aromatic carbocycles. The lowest BCUT2D eigenvalue weighted by molar-refractivity contribution is 0.757. The fourth-order valence-corrected chi connectivity index (χ4v) is 2.62. The summed E-state index contributed by atoms with van der Waals surface area (Å²) < 4.78 is 0. The monoisotopic (exact) mass is 358 g/mol. The summed E-state index contributed by atoms with van der Waals surface area (Å²) in [5.74, 6) is 2.72. The van der Waals surface area contributed by atoms with Crippen molar-refractivity contribution in [3.05, 3.63) is 33.9 Å². The highest BCUT2D eigenvalue weighted by atomic mass is 15.0. The molecule has 0 aliphatic heterocycles. The molecule has 2 aromatic heterocycles. The number of pyridine rings is 1. The number of hydrogen-bond acceptors (Lipinski definition) is 6. The predicted octanol–water partition coefficient (Wildman–Crippen LogP) is 4.04. The molecule has 0 amide bonds. The van der Waals surface area contributed by atoms with E-state index >= 15 is 0 Å². The van der Waals surface area contributed by atoms with Crippen LogP contribution in [0.2, 0.25) is 0 Å². The first-order chi connectivity index (χ1) is 12.0. The molecule has 0 aliphatic rings. The second-order valence-electron chi connectivity index (χ2n) is 7.25. The van der Waals surface area contributed by atoms with Crippen LogP contribution in [0, 0.1) is 20.8 Å². The van der Waals surface area contributed by atoms with Crippen molar-refractivity contribution in [2.24, 2.45) is 0 Å². The molecule has 0 saturated carbocycles. The molecular weight excluding hydrogens is 324 g/mol. The molecule has 0 radical (unpaired) electrons. The van der Waals surface area contributed by atoms with E-state index in [0.717, 1.165) is 46.0 Å². The molecule has 0 atom stereocenters. The normalized spacial score (nSPS) is 10.8. The van der Waals surface area contributed by atoms with Crippen LogP contribution in [0.1, 0.15) is 80.4 Å². The molecule has 0 spiro atoms. The van der Waals surface area contributed by atoms with Crippen molar-refractivity contribution in [2.45, 2.75) is 73.6 Å². The van der Waals surface area contributed by atoms with Gasteiger partial charge < -0.3 is 17.2 Å². The number of hydrogen-bond donors (Lipinski definition) is 3. The molecule has 6 N–H and O–H groups in total. The molecule has 26 heavy (non-hydrogen) atoms. The minimum absolute atomic E-state index is 0.341. The van der Waals surface area contributed by atoms with Crippen LogP contribution in [-0.2, 0) is 6.42 Å². The third-order valence-electron chi connectivity index (χ3n) is 4.52. The zero-order chi connectivity index (χ0) is 20.2. The van der Waals surface area contributed by atoms with Crippen molar-refractivity contribution in [2.75, 3.05) is 17.2 Å². The maximum absolute atomic E-state index is 5.90. The molecule has 2 rings (SSSR count). The van der Waals surface area contributed by atoms with Gasteiger partial charge in [0.15, 0.2) is 0 Å². The van der Waals surface area contributed by atoms with E-state index < -0.39 is 0 Å². The van der Waals surface area contributed by atoms with E-state index in [2.05, 4.69) is 49.6 Å². The Kier molecular flexibility index (Phi) is 7.36. The van der Waals surface area contributed by atoms with E-state index in [0.29, 0.717) is 23.5 Å². The van der Waals surface area contributed by atoms with Gasteiger partial charge in [-0.15, -0.1) is 0 Å². The predicted molar refractivity (Wildman–Crippen MR) is 111 cm³/mol. The lowest BCUT2D eigenvalue weighted by Crippen LogP contribution is -2.07. The van der Waals surface area contributed by atoms with Gasteiger partial charge in [-0.05, 0) is 38.7 Å². The molecule has 0 aliphatic carbocycles. The Bertz CT molecular complexity index is 766. The van der Waals surface area contributed by atoms with Crippen molar-refractivity contribution in [1.29, 1.82) is 0 Å². The van der Waals surface area contributed by atoms with Crippen LogP contribution in [0.15, 0.2) is 0 Å². The van der Waals surface area contributed by atoms with Gasteiger partial charge in [-0.1, -0.05) is 34.6 Å². The molecular formula is C20H34N6. The Morgan fingerprint density at radius 3 is 1.73 bits per heavy atom. The quantitative estimate of drug-likeness (QED) is 0.762. The third-order valence-corrected chi connectivity index (χ3v) is 4.52. The van der Waals surface area contributed by atoms with E-state index in [1.54, 1.807) is 0 Å². The Balaban J connectivity index is 0.000000260. The second-order valence-corrected chi connectivity index (χ2v) is 7.25. The average Bonchev–Trinajstić information content (AvgIpc) is 2.58. The van der Waals surface area contributed by atoms with E-state index in [1.807, 2.05) is 20.8 Å². The third kappa shape index (κ3) is 4.84. The van der Waals surface area contributed by atoms with Crippen LogP contribution in [0.5, 0.6) is 0 Å². The first-order valence-electron chi connectivity index (χ1n) is 9.16. The first kappa shape index (κ1) is 21.7. The van der Waals surface area contributed by atoms with Gasteiger partial charge in [-0.2, -0.15) is 0 Å². The summed E-state index contributed by atoms with van der Waals surface area (Å²) in [4.78, 5) is 13.0. The Hall–Kier alpha value is -2.37. The molecule has 144 valence electrons. The van der Waals surface area contributed by atoms with Crippen molar-refractivity contribution < 1.29 is 0 Å². The topological polar surface area (TPSA) is 117 Å². The molecule has 6 heteroatoms. The summed E-state index contributed by atoms with van der Waals surface area (Å²) in [6.07, 6.45) is 0.915. The van der Waals surface area contributed by atoms with Gasteiger partial charge in [0.1, 0.15) is 17.5 Å². The molecule has 0 bridgehead atoms. The van der Waals surface area contributed by atoms with Gasteiger partial charge in [-0.3, -0.25) is 0 Å². The lowest BCUT2D eigenvalue weighted by atomic mass is 10.0. The largest absolute Gasteiger partial charge is 0.398 e. The lowest BCUT2D eigenvalue weighted by Gasteiger charge is -2.14. The molecule has 2 aromatic rings. The van der Waals surface area contributed by atoms with Crippen LogP contribution >= 0.6 is 0 Å². The summed E-state index contributed by atoms with van der Waals surface area (Å²) >= 11 is 0.